The molecule has 138 valence electrons. The first-order valence-corrected chi connectivity index (χ1v) is 9.57. The molecule has 0 unspecified atom stereocenters. The molecule has 2 N–H and O–H groups in total. The summed E-state index contributed by atoms with van der Waals surface area (Å²) < 4.78 is 5.84. The number of aliphatic imine (C=N–C) groups is 1. The third-order valence-electron chi connectivity index (χ3n) is 3.03. The highest BCUT2D eigenvalue weighted by atomic mass is 127. The molecule has 0 atom stereocenters. The van der Waals surface area contributed by atoms with Gasteiger partial charge in [0.2, 0.25) is 0 Å². The predicted molar refractivity (Wildman–Crippen MR) is 118 cm³/mol. The van der Waals surface area contributed by atoms with Crippen molar-refractivity contribution in [3.8, 4) is 0 Å². The van der Waals surface area contributed by atoms with Crippen LogP contribution in [-0.4, -0.2) is 36.7 Å². The van der Waals surface area contributed by atoms with Crippen LogP contribution in [0.25, 0.3) is 0 Å². The molecule has 4 nitrogen and oxygen atoms in total. The molecule has 0 saturated heterocycles. The van der Waals surface area contributed by atoms with Gasteiger partial charge in [-0.25, -0.2) is 4.99 Å². The second kappa shape index (κ2) is 12.8. The molecule has 0 fully saturated rings. The van der Waals surface area contributed by atoms with Crippen LogP contribution < -0.4 is 10.6 Å². The molecule has 0 amide bonds. The van der Waals surface area contributed by atoms with Crippen molar-refractivity contribution < 1.29 is 4.74 Å². The Hall–Kier alpha value is -0.470. The number of guanidine groups is 1. The van der Waals surface area contributed by atoms with Crippen LogP contribution in [0.3, 0.4) is 0 Å². The third-order valence-corrected chi connectivity index (χ3v) is 3.64. The molecule has 24 heavy (non-hydrogen) atoms. The van der Waals surface area contributed by atoms with E-state index in [0.717, 1.165) is 24.8 Å². The number of ether oxygens (including phenoxy) is 1. The Bertz CT molecular complexity index is 489. The molecule has 0 radical (unpaired) electrons. The lowest BCUT2D eigenvalue weighted by Crippen LogP contribution is -2.38. The Labute approximate surface area is 168 Å². The van der Waals surface area contributed by atoms with Crippen LogP contribution in [0.2, 0.25) is 0 Å². The fraction of sp³-hybridized carbons (Fsp3) is 0.611. The van der Waals surface area contributed by atoms with E-state index < -0.39 is 0 Å². The highest BCUT2D eigenvalue weighted by Crippen LogP contribution is 2.13. The minimum absolute atomic E-state index is 0. The van der Waals surface area contributed by atoms with E-state index in [2.05, 4.69) is 73.8 Å². The second-order valence-corrected chi connectivity index (χ2v) is 7.32. The molecule has 0 aliphatic carbocycles. The molecule has 0 aromatic heterocycles. The number of hydrogen-bond donors (Lipinski definition) is 2. The van der Waals surface area contributed by atoms with Gasteiger partial charge in [-0.05, 0) is 45.1 Å². The van der Waals surface area contributed by atoms with E-state index in [0.29, 0.717) is 13.2 Å². The van der Waals surface area contributed by atoms with E-state index in [1.54, 1.807) is 0 Å². The minimum Gasteiger partial charge on any atom is -0.371 e. The molecular weight excluding hydrogens is 433 g/mol. The number of rotatable bonds is 8. The number of nitrogens with zero attached hydrogens (tertiary/aromatic N) is 1. The standard InChI is InChI=1S/C18H31N3OS.HI/c1-6-19-17(20-10-11-23-5)21-13-15-8-7-9-16(12-15)14-22-18(2,3)4;/h7-9,12H,6,10-11,13-14H2,1-5H3,(H2,19,20,21);1H. The fourth-order valence-electron chi connectivity index (χ4n) is 1.90. The molecule has 0 spiro atoms. The Morgan fingerprint density at radius 1 is 1.21 bits per heavy atom. The van der Waals surface area contributed by atoms with Gasteiger partial charge in [0.05, 0.1) is 18.8 Å². The average molecular weight is 465 g/mol. The van der Waals surface area contributed by atoms with Crippen LogP contribution in [0.1, 0.15) is 38.8 Å². The van der Waals surface area contributed by atoms with Gasteiger partial charge >= 0.3 is 0 Å². The van der Waals surface area contributed by atoms with E-state index in [9.17, 15) is 0 Å². The summed E-state index contributed by atoms with van der Waals surface area (Å²) in [5.74, 6) is 1.95. The van der Waals surface area contributed by atoms with E-state index in [1.807, 2.05) is 11.8 Å². The number of thioether (sulfide) groups is 1. The molecule has 0 heterocycles. The number of nitrogens with one attached hydrogen (secondary N) is 2. The van der Waals surface area contributed by atoms with Crippen molar-refractivity contribution in [2.75, 3.05) is 25.1 Å². The van der Waals surface area contributed by atoms with Crippen LogP contribution >= 0.6 is 35.7 Å². The first kappa shape index (κ1) is 23.5. The van der Waals surface area contributed by atoms with Crippen LogP contribution in [0.15, 0.2) is 29.3 Å². The summed E-state index contributed by atoms with van der Waals surface area (Å²) in [5.41, 5.74) is 2.27. The number of halogens is 1. The molecule has 0 bridgehead atoms. The van der Waals surface area contributed by atoms with Gasteiger partial charge < -0.3 is 15.4 Å². The van der Waals surface area contributed by atoms with Gasteiger partial charge in [-0.15, -0.1) is 24.0 Å². The number of hydrogen-bond acceptors (Lipinski definition) is 3. The number of benzene rings is 1. The highest BCUT2D eigenvalue weighted by molar-refractivity contribution is 14.0. The monoisotopic (exact) mass is 465 g/mol. The molecule has 1 rings (SSSR count). The zero-order chi connectivity index (χ0) is 17.1. The Morgan fingerprint density at radius 2 is 1.92 bits per heavy atom. The molecular formula is C18H32IN3OS. The maximum Gasteiger partial charge on any atom is 0.191 e. The molecule has 0 aliphatic rings. The van der Waals surface area contributed by atoms with Crippen LogP contribution in [0, 0.1) is 0 Å². The lowest BCUT2D eigenvalue weighted by Gasteiger charge is -2.19. The Balaban J connectivity index is 0.00000529. The molecule has 0 aliphatic heterocycles. The van der Waals surface area contributed by atoms with Crippen molar-refractivity contribution in [1.29, 1.82) is 0 Å². The van der Waals surface area contributed by atoms with Crippen molar-refractivity contribution in [2.45, 2.75) is 46.4 Å². The normalized spacial score (nSPS) is 11.8. The smallest absolute Gasteiger partial charge is 0.191 e. The van der Waals surface area contributed by atoms with E-state index in [4.69, 9.17) is 4.74 Å². The lowest BCUT2D eigenvalue weighted by molar-refractivity contribution is -0.0149. The van der Waals surface area contributed by atoms with Crippen molar-refractivity contribution in [3.63, 3.8) is 0 Å². The summed E-state index contributed by atoms with van der Waals surface area (Å²) in [7, 11) is 0. The Kier molecular flexibility index (Phi) is 12.6. The van der Waals surface area contributed by atoms with Crippen molar-refractivity contribution in [1.82, 2.24) is 10.6 Å². The maximum atomic E-state index is 5.84. The first-order valence-electron chi connectivity index (χ1n) is 8.17. The van der Waals surface area contributed by atoms with E-state index in [1.165, 1.54) is 11.1 Å². The Morgan fingerprint density at radius 3 is 2.54 bits per heavy atom. The minimum atomic E-state index is -0.117. The average Bonchev–Trinajstić information content (AvgIpc) is 2.50. The fourth-order valence-corrected chi connectivity index (χ4v) is 2.21. The molecule has 0 saturated carbocycles. The van der Waals surface area contributed by atoms with Crippen molar-refractivity contribution >= 4 is 41.7 Å². The van der Waals surface area contributed by atoms with Crippen molar-refractivity contribution in [3.05, 3.63) is 35.4 Å². The van der Waals surface area contributed by atoms with Crippen molar-refractivity contribution in [2.24, 2.45) is 4.99 Å². The zero-order valence-electron chi connectivity index (χ0n) is 15.5. The summed E-state index contributed by atoms with van der Waals surface area (Å²) in [6.45, 7) is 11.4. The topological polar surface area (TPSA) is 45.7 Å². The zero-order valence-corrected chi connectivity index (χ0v) is 18.7. The lowest BCUT2D eigenvalue weighted by atomic mass is 10.1. The van der Waals surface area contributed by atoms with E-state index in [-0.39, 0.29) is 29.6 Å². The summed E-state index contributed by atoms with van der Waals surface area (Å²) >= 11 is 1.83. The van der Waals surface area contributed by atoms with Gasteiger partial charge in [-0.1, -0.05) is 24.3 Å². The molecule has 1 aromatic rings. The summed E-state index contributed by atoms with van der Waals surface area (Å²) in [6, 6.07) is 8.44. The van der Waals surface area contributed by atoms with E-state index >= 15 is 0 Å². The largest absolute Gasteiger partial charge is 0.371 e. The van der Waals surface area contributed by atoms with Gasteiger partial charge in [0.25, 0.3) is 0 Å². The van der Waals surface area contributed by atoms with Gasteiger partial charge in [0.15, 0.2) is 5.96 Å². The molecule has 6 heteroatoms. The van der Waals surface area contributed by atoms with Gasteiger partial charge in [-0.3, -0.25) is 0 Å². The maximum absolute atomic E-state index is 5.84. The van der Waals surface area contributed by atoms with Gasteiger partial charge in [0, 0.05) is 18.8 Å². The summed E-state index contributed by atoms with van der Waals surface area (Å²) in [5, 5.41) is 6.62. The predicted octanol–water partition coefficient (Wildman–Crippen LogP) is 4.04. The highest BCUT2D eigenvalue weighted by Gasteiger charge is 2.10. The van der Waals surface area contributed by atoms with Crippen LogP contribution in [0.4, 0.5) is 0 Å². The second-order valence-electron chi connectivity index (χ2n) is 6.34. The van der Waals surface area contributed by atoms with Crippen LogP contribution in [-0.2, 0) is 17.9 Å². The summed E-state index contributed by atoms with van der Waals surface area (Å²) in [4.78, 5) is 4.65. The van der Waals surface area contributed by atoms with Gasteiger partial charge in [0.1, 0.15) is 0 Å². The third kappa shape index (κ3) is 11.1. The van der Waals surface area contributed by atoms with Gasteiger partial charge in [-0.2, -0.15) is 11.8 Å². The van der Waals surface area contributed by atoms with Crippen LogP contribution in [0.5, 0.6) is 0 Å². The quantitative estimate of drug-likeness (QED) is 0.263. The SMILES string of the molecule is CCNC(=NCc1cccc(COC(C)(C)C)c1)NCCSC.I. The summed E-state index contributed by atoms with van der Waals surface area (Å²) in [6.07, 6.45) is 2.11. The first-order chi connectivity index (χ1) is 10.9. The molecule has 1 aromatic carbocycles.